The number of hydrogen-bond donors (Lipinski definition) is 1. The van der Waals surface area contributed by atoms with Gasteiger partial charge in [-0.25, -0.2) is 0 Å². The van der Waals surface area contributed by atoms with E-state index in [2.05, 4.69) is 29.8 Å². The van der Waals surface area contributed by atoms with Crippen LogP contribution in [0.5, 0.6) is 0 Å². The molecule has 0 radical (unpaired) electrons. The van der Waals surface area contributed by atoms with E-state index in [1.54, 1.807) is 24.2 Å². The normalized spacial score (nSPS) is 17.0. The lowest BCUT2D eigenvalue weighted by Crippen LogP contribution is -2.45. The molecule has 1 atom stereocenters. The number of carbonyl (C=O) groups is 1. The van der Waals surface area contributed by atoms with Gasteiger partial charge in [-0.05, 0) is 73.7 Å². The molecule has 1 aliphatic heterocycles. The second kappa shape index (κ2) is 9.44. The summed E-state index contributed by atoms with van der Waals surface area (Å²) in [7, 11) is 1.78. The molecular formula is C29H33N3O3. The van der Waals surface area contributed by atoms with Gasteiger partial charge in [0.2, 0.25) is 0 Å². The second-order valence-corrected chi connectivity index (χ2v) is 9.88. The van der Waals surface area contributed by atoms with Crippen LogP contribution in [0.2, 0.25) is 0 Å². The molecule has 4 aromatic rings. The lowest BCUT2D eigenvalue weighted by molar-refractivity contribution is -0.0342. The molecule has 1 aliphatic rings. The monoisotopic (exact) mass is 471 g/mol. The van der Waals surface area contributed by atoms with E-state index in [0.29, 0.717) is 36.8 Å². The van der Waals surface area contributed by atoms with Gasteiger partial charge in [0.25, 0.3) is 5.91 Å². The van der Waals surface area contributed by atoms with E-state index in [1.165, 1.54) is 0 Å². The van der Waals surface area contributed by atoms with Crippen molar-refractivity contribution in [2.24, 2.45) is 0 Å². The number of benzene rings is 2. The standard InChI is InChI=1S/C29H33N3O3/c1-4-20(2)32-14-11-29(34,12-15-32)24-8-10-26-23(17-24)18-27(35-26)28(33)31(3)19-21-7-9-25-22(16-21)6-5-13-30-25/h5-10,13,16-18,20,34H,4,11-12,14-15,19H2,1-3H3/t20-/m1/s1. The maximum atomic E-state index is 13.1. The Morgan fingerprint density at radius 3 is 2.71 bits per heavy atom. The Bertz CT molecular complexity index is 1350. The van der Waals surface area contributed by atoms with Crippen LogP contribution in [0, 0.1) is 0 Å². The van der Waals surface area contributed by atoms with E-state index in [4.69, 9.17) is 4.42 Å². The molecule has 0 saturated carbocycles. The molecule has 2 aromatic carbocycles. The van der Waals surface area contributed by atoms with Crippen molar-refractivity contribution in [1.29, 1.82) is 0 Å². The number of hydrogen-bond acceptors (Lipinski definition) is 5. The first-order chi connectivity index (χ1) is 16.9. The van der Waals surface area contributed by atoms with Crippen molar-refractivity contribution in [1.82, 2.24) is 14.8 Å². The maximum absolute atomic E-state index is 13.1. The maximum Gasteiger partial charge on any atom is 0.289 e. The van der Waals surface area contributed by atoms with Gasteiger partial charge in [-0.2, -0.15) is 0 Å². The molecule has 182 valence electrons. The highest BCUT2D eigenvalue weighted by Crippen LogP contribution is 2.36. The molecule has 1 N–H and O–H groups in total. The number of fused-ring (bicyclic) bond motifs is 2. The number of rotatable bonds is 6. The number of amides is 1. The van der Waals surface area contributed by atoms with Gasteiger partial charge in [0.1, 0.15) is 5.58 Å². The summed E-state index contributed by atoms with van der Waals surface area (Å²) in [6.07, 6.45) is 4.30. The molecule has 0 spiro atoms. The number of nitrogens with zero attached hydrogens (tertiary/aromatic N) is 3. The molecule has 3 heterocycles. The summed E-state index contributed by atoms with van der Waals surface area (Å²) in [5.41, 5.74) is 2.67. The van der Waals surface area contributed by atoms with Crippen molar-refractivity contribution >= 4 is 27.8 Å². The summed E-state index contributed by atoms with van der Waals surface area (Å²) < 4.78 is 5.91. The molecule has 0 bridgehead atoms. The molecule has 1 saturated heterocycles. The molecule has 6 heteroatoms. The molecule has 1 fully saturated rings. The van der Waals surface area contributed by atoms with Crippen LogP contribution >= 0.6 is 0 Å². The third-order valence-corrected chi connectivity index (χ3v) is 7.54. The Labute approximate surface area is 206 Å². The highest BCUT2D eigenvalue weighted by Gasteiger charge is 2.35. The fraction of sp³-hybridized carbons (Fsp3) is 0.379. The number of aromatic nitrogens is 1. The molecule has 5 rings (SSSR count). The SMILES string of the molecule is CC[C@@H](C)N1CCC(O)(c2ccc3oc(C(=O)N(C)Cc4ccc5ncccc5c4)cc3c2)CC1. The average Bonchev–Trinajstić information content (AvgIpc) is 3.31. The third kappa shape index (κ3) is 4.68. The lowest BCUT2D eigenvalue weighted by Gasteiger charge is -2.41. The molecule has 1 amide bonds. The zero-order valence-corrected chi connectivity index (χ0v) is 20.7. The Kier molecular flexibility index (Phi) is 6.34. The Morgan fingerprint density at radius 2 is 1.94 bits per heavy atom. The first-order valence-corrected chi connectivity index (χ1v) is 12.5. The minimum Gasteiger partial charge on any atom is -0.451 e. The van der Waals surface area contributed by atoms with E-state index in [1.807, 2.05) is 42.5 Å². The Balaban J connectivity index is 1.31. The van der Waals surface area contributed by atoms with Crippen molar-refractivity contribution < 1.29 is 14.3 Å². The highest BCUT2D eigenvalue weighted by molar-refractivity contribution is 5.96. The number of furan rings is 1. The summed E-state index contributed by atoms with van der Waals surface area (Å²) in [5.74, 6) is 0.135. The van der Waals surface area contributed by atoms with Crippen LogP contribution in [0.25, 0.3) is 21.9 Å². The van der Waals surface area contributed by atoms with Gasteiger partial charge in [-0.1, -0.05) is 25.1 Å². The summed E-state index contributed by atoms with van der Waals surface area (Å²) in [5, 5.41) is 13.3. The summed E-state index contributed by atoms with van der Waals surface area (Å²) in [6, 6.07) is 18.1. The van der Waals surface area contributed by atoms with E-state index >= 15 is 0 Å². The zero-order chi connectivity index (χ0) is 24.6. The van der Waals surface area contributed by atoms with Gasteiger partial charge in [-0.15, -0.1) is 0 Å². The largest absolute Gasteiger partial charge is 0.451 e. The molecule has 0 aliphatic carbocycles. The van der Waals surface area contributed by atoms with Crippen molar-refractivity contribution in [3.63, 3.8) is 0 Å². The van der Waals surface area contributed by atoms with Crippen LogP contribution in [0.4, 0.5) is 0 Å². The minimum atomic E-state index is -0.846. The van der Waals surface area contributed by atoms with Crippen LogP contribution in [0.15, 0.2) is 65.2 Å². The predicted molar refractivity (Wildman–Crippen MR) is 138 cm³/mol. The van der Waals surface area contributed by atoms with Crippen molar-refractivity contribution in [3.05, 3.63) is 77.7 Å². The van der Waals surface area contributed by atoms with E-state index < -0.39 is 5.60 Å². The van der Waals surface area contributed by atoms with Gasteiger partial charge >= 0.3 is 0 Å². The van der Waals surface area contributed by atoms with Crippen LogP contribution in [0.3, 0.4) is 0 Å². The van der Waals surface area contributed by atoms with E-state index in [9.17, 15) is 9.90 Å². The van der Waals surface area contributed by atoms with Crippen LogP contribution in [-0.2, 0) is 12.1 Å². The predicted octanol–water partition coefficient (Wildman–Crippen LogP) is 5.34. The smallest absolute Gasteiger partial charge is 0.289 e. The van der Waals surface area contributed by atoms with Gasteiger partial charge in [0.15, 0.2) is 5.76 Å². The zero-order valence-electron chi connectivity index (χ0n) is 20.7. The third-order valence-electron chi connectivity index (χ3n) is 7.54. The summed E-state index contributed by atoms with van der Waals surface area (Å²) in [4.78, 5) is 21.6. The number of piperidine rings is 1. The molecule has 35 heavy (non-hydrogen) atoms. The Hall–Kier alpha value is -3.22. The highest BCUT2D eigenvalue weighted by atomic mass is 16.3. The van der Waals surface area contributed by atoms with Crippen molar-refractivity contribution in [2.45, 2.75) is 51.3 Å². The van der Waals surface area contributed by atoms with Gasteiger partial charge < -0.3 is 19.3 Å². The van der Waals surface area contributed by atoms with E-state index in [-0.39, 0.29) is 5.91 Å². The van der Waals surface area contributed by atoms with Crippen LogP contribution in [-0.4, -0.2) is 52.0 Å². The quantitative estimate of drug-likeness (QED) is 0.411. The number of aliphatic hydroxyl groups is 1. The molecule has 0 unspecified atom stereocenters. The van der Waals surface area contributed by atoms with Gasteiger partial charge in [0, 0.05) is 49.7 Å². The van der Waals surface area contributed by atoms with E-state index in [0.717, 1.165) is 46.9 Å². The second-order valence-electron chi connectivity index (χ2n) is 9.88. The number of pyridine rings is 1. The van der Waals surface area contributed by atoms with Gasteiger partial charge in [0.05, 0.1) is 11.1 Å². The first-order valence-electron chi connectivity index (χ1n) is 12.5. The van der Waals surface area contributed by atoms with Crippen molar-refractivity contribution in [3.8, 4) is 0 Å². The van der Waals surface area contributed by atoms with Crippen LogP contribution < -0.4 is 0 Å². The fourth-order valence-corrected chi connectivity index (χ4v) is 5.08. The number of likely N-dealkylation sites (tertiary alicyclic amines) is 1. The lowest BCUT2D eigenvalue weighted by atomic mass is 9.83. The fourth-order valence-electron chi connectivity index (χ4n) is 5.08. The topological polar surface area (TPSA) is 69.8 Å². The molecule has 2 aromatic heterocycles. The number of carbonyl (C=O) groups excluding carboxylic acids is 1. The van der Waals surface area contributed by atoms with Crippen molar-refractivity contribution in [2.75, 3.05) is 20.1 Å². The molecular weight excluding hydrogens is 438 g/mol. The summed E-state index contributed by atoms with van der Waals surface area (Å²) >= 11 is 0. The average molecular weight is 472 g/mol. The van der Waals surface area contributed by atoms with Gasteiger partial charge in [-0.3, -0.25) is 9.78 Å². The summed E-state index contributed by atoms with van der Waals surface area (Å²) in [6.45, 7) is 6.68. The van der Waals surface area contributed by atoms with Crippen LogP contribution in [0.1, 0.15) is 54.8 Å². The minimum absolute atomic E-state index is 0.172. The first kappa shape index (κ1) is 23.5. The molecule has 6 nitrogen and oxygen atoms in total. The Morgan fingerprint density at radius 1 is 1.14 bits per heavy atom.